The number of hydrogen-bond acceptors (Lipinski definition) is 3. The third-order valence-corrected chi connectivity index (χ3v) is 2.22. The molecule has 1 aromatic heterocycles. The maximum atomic E-state index is 5.03. The van der Waals surface area contributed by atoms with Gasteiger partial charge in [-0.1, -0.05) is 6.07 Å². The number of pyridine rings is 1. The van der Waals surface area contributed by atoms with Gasteiger partial charge in [0, 0.05) is 20.3 Å². The SMILES string of the molecule is C/C(=N\NC(=S)N(C)C)c1ccccn1.[Cl-].[Ga+3]. The van der Waals surface area contributed by atoms with Gasteiger partial charge in [-0.05, 0) is 31.3 Å². The van der Waals surface area contributed by atoms with Gasteiger partial charge < -0.3 is 17.3 Å². The molecule has 0 fully saturated rings. The molecule has 1 N–H and O–H groups in total. The van der Waals surface area contributed by atoms with Gasteiger partial charge in [-0.2, -0.15) is 5.10 Å². The van der Waals surface area contributed by atoms with Crippen molar-refractivity contribution in [3.8, 4) is 0 Å². The third-order valence-electron chi connectivity index (χ3n) is 1.76. The van der Waals surface area contributed by atoms with Crippen molar-refractivity contribution in [1.82, 2.24) is 15.3 Å². The fourth-order valence-electron chi connectivity index (χ4n) is 0.866. The Bertz CT molecular complexity index is 370. The average Bonchev–Trinajstić information content (AvgIpc) is 2.26. The third kappa shape index (κ3) is 6.67. The van der Waals surface area contributed by atoms with Crippen LogP contribution in [0.2, 0.25) is 0 Å². The molecular weight excluding hydrogens is 313 g/mol. The summed E-state index contributed by atoms with van der Waals surface area (Å²) in [5.41, 5.74) is 4.43. The second kappa shape index (κ2) is 9.46. The van der Waals surface area contributed by atoms with Crippen LogP contribution in [0.5, 0.6) is 0 Å². The monoisotopic (exact) mass is 326 g/mol. The van der Waals surface area contributed by atoms with Gasteiger partial charge in [0.25, 0.3) is 0 Å². The molecule has 0 saturated heterocycles. The number of thiocarbonyl (C=S) groups is 1. The van der Waals surface area contributed by atoms with Crippen LogP contribution >= 0.6 is 12.2 Å². The molecule has 0 spiro atoms. The van der Waals surface area contributed by atoms with Crippen LogP contribution in [0, 0.1) is 0 Å². The number of hydrogen-bond donors (Lipinski definition) is 1. The van der Waals surface area contributed by atoms with E-state index in [-0.39, 0.29) is 32.2 Å². The van der Waals surface area contributed by atoms with Crippen molar-refractivity contribution in [3.05, 3.63) is 30.1 Å². The predicted molar refractivity (Wildman–Crippen MR) is 71.6 cm³/mol. The summed E-state index contributed by atoms with van der Waals surface area (Å²) in [5.74, 6) is 0. The largest absolute Gasteiger partial charge is 3.00 e. The molecule has 0 atom stereocenters. The van der Waals surface area contributed by atoms with Crippen LogP contribution in [-0.2, 0) is 0 Å². The first kappa shape index (κ1) is 18.8. The Morgan fingerprint density at radius 1 is 1.41 bits per heavy atom. The summed E-state index contributed by atoms with van der Waals surface area (Å²) in [7, 11) is 3.72. The van der Waals surface area contributed by atoms with Gasteiger partial charge in [0.15, 0.2) is 5.11 Å². The fourth-order valence-corrected chi connectivity index (χ4v) is 0.911. The summed E-state index contributed by atoms with van der Waals surface area (Å²) in [5, 5.41) is 4.71. The molecule has 1 heterocycles. The molecule has 0 unspecified atom stereocenters. The molecule has 0 saturated carbocycles. The normalized spacial score (nSPS) is 9.71. The van der Waals surface area contributed by atoms with Gasteiger partial charge in [0.1, 0.15) is 0 Å². The quantitative estimate of drug-likeness (QED) is 0.291. The molecule has 0 aliphatic carbocycles. The predicted octanol–water partition coefficient (Wildman–Crippen LogP) is -2.14. The molecule has 1 aromatic rings. The molecule has 0 aliphatic heterocycles. The van der Waals surface area contributed by atoms with Gasteiger partial charge in [-0.3, -0.25) is 10.4 Å². The second-order valence-corrected chi connectivity index (χ2v) is 3.61. The van der Waals surface area contributed by atoms with Crippen LogP contribution in [0.15, 0.2) is 29.5 Å². The standard InChI is InChI=1S/C10H14N4S.ClH.Ga/c1-8(9-6-4-5-7-11-9)12-13-10(15)14(2)3;;/h4-7H,1-3H3,(H,13,15);1H;/q;;+3/p-1/b12-8+;;. The van der Waals surface area contributed by atoms with Gasteiger partial charge in [0.2, 0.25) is 0 Å². The minimum absolute atomic E-state index is 0. The number of hydrazone groups is 1. The minimum atomic E-state index is 0. The molecule has 7 heteroatoms. The van der Waals surface area contributed by atoms with E-state index < -0.39 is 0 Å². The number of halogens is 1. The Balaban J connectivity index is 0. The molecule has 17 heavy (non-hydrogen) atoms. The first-order chi connectivity index (χ1) is 7.11. The first-order valence-electron chi connectivity index (χ1n) is 4.54. The molecule has 0 aliphatic rings. The van der Waals surface area contributed by atoms with E-state index in [1.54, 1.807) is 11.1 Å². The molecule has 0 bridgehead atoms. The molecule has 0 aromatic carbocycles. The fraction of sp³-hybridized carbons (Fsp3) is 0.300. The van der Waals surface area contributed by atoms with E-state index in [9.17, 15) is 0 Å². The van der Waals surface area contributed by atoms with Crippen LogP contribution in [0.25, 0.3) is 0 Å². The zero-order valence-corrected chi connectivity index (χ0v) is 14.0. The van der Waals surface area contributed by atoms with E-state index >= 15 is 0 Å². The Morgan fingerprint density at radius 2 is 2.06 bits per heavy atom. The van der Waals surface area contributed by atoms with Gasteiger partial charge >= 0.3 is 19.8 Å². The van der Waals surface area contributed by atoms with Crippen molar-refractivity contribution in [1.29, 1.82) is 0 Å². The molecule has 0 amide bonds. The second-order valence-electron chi connectivity index (χ2n) is 3.22. The van der Waals surface area contributed by atoms with Crippen molar-refractivity contribution >= 4 is 42.8 Å². The zero-order valence-electron chi connectivity index (χ0n) is 10.0. The molecule has 88 valence electrons. The van der Waals surface area contributed by atoms with Crippen LogP contribution in [-0.4, -0.2) is 54.6 Å². The smallest absolute Gasteiger partial charge is 1.00 e. The molecule has 4 nitrogen and oxygen atoms in total. The average molecular weight is 327 g/mol. The van der Waals surface area contributed by atoms with E-state index in [1.165, 1.54) is 0 Å². The van der Waals surface area contributed by atoms with Gasteiger partial charge in [-0.25, -0.2) is 0 Å². The topological polar surface area (TPSA) is 40.5 Å². The zero-order chi connectivity index (χ0) is 11.3. The van der Waals surface area contributed by atoms with Crippen molar-refractivity contribution in [2.24, 2.45) is 5.10 Å². The number of aromatic nitrogens is 1. The van der Waals surface area contributed by atoms with E-state index in [0.717, 1.165) is 11.4 Å². The van der Waals surface area contributed by atoms with Crippen molar-refractivity contribution in [2.75, 3.05) is 14.1 Å². The first-order valence-corrected chi connectivity index (χ1v) is 4.95. The minimum Gasteiger partial charge on any atom is -1.00 e. The van der Waals surface area contributed by atoms with Gasteiger partial charge in [-0.15, -0.1) is 0 Å². The van der Waals surface area contributed by atoms with E-state index in [2.05, 4.69) is 15.5 Å². The summed E-state index contributed by atoms with van der Waals surface area (Å²) < 4.78 is 0. The number of rotatable bonds is 2. The summed E-state index contributed by atoms with van der Waals surface area (Å²) in [4.78, 5) is 5.96. The van der Waals surface area contributed by atoms with Crippen molar-refractivity contribution < 1.29 is 12.4 Å². The molecule has 0 radical (unpaired) electrons. The number of nitrogens with one attached hydrogen (secondary N) is 1. The molecular formula is C10H14ClGaN4S+2. The van der Waals surface area contributed by atoms with Crippen LogP contribution in [0.4, 0.5) is 0 Å². The maximum Gasteiger partial charge on any atom is 3.00 e. The van der Waals surface area contributed by atoms with Crippen LogP contribution in [0.1, 0.15) is 12.6 Å². The maximum absolute atomic E-state index is 5.03. The summed E-state index contributed by atoms with van der Waals surface area (Å²) in [6, 6.07) is 5.69. The van der Waals surface area contributed by atoms with Crippen LogP contribution < -0.4 is 17.8 Å². The van der Waals surface area contributed by atoms with E-state index in [1.807, 2.05) is 39.2 Å². The Hall–Kier alpha value is -0.564. The summed E-state index contributed by atoms with van der Waals surface area (Å²) in [6.07, 6.45) is 1.73. The Morgan fingerprint density at radius 3 is 2.53 bits per heavy atom. The van der Waals surface area contributed by atoms with E-state index in [0.29, 0.717) is 5.11 Å². The Kier molecular flexibility index (Phi) is 10.5. The summed E-state index contributed by atoms with van der Waals surface area (Å²) in [6.45, 7) is 1.88. The Labute approximate surface area is 126 Å². The van der Waals surface area contributed by atoms with E-state index in [4.69, 9.17) is 12.2 Å². The van der Waals surface area contributed by atoms with Gasteiger partial charge in [0.05, 0.1) is 11.4 Å². The van der Waals surface area contributed by atoms with Crippen molar-refractivity contribution in [2.45, 2.75) is 6.92 Å². The molecule has 1 rings (SSSR count). The number of nitrogens with zero attached hydrogens (tertiary/aromatic N) is 3. The summed E-state index contributed by atoms with van der Waals surface area (Å²) >= 11 is 5.03. The van der Waals surface area contributed by atoms with Crippen molar-refractivity contribution in [3.63, 3.8) is 0 Å². The van der Waals surface area contributed by atoms with Crippen LogP contribution in [0.3, 0.4) is 0 Å².